The van der Waals surface area contributed by atoms with Crippen molar-refractivity contribution in [2.75, 3.05) is 19.6 Å². The van der Waals surface area contributed by atoms with E-state index < -0.39 is 0 Å². The fourth-order valence-electron chi connectivity index (χ4n) is 4.46. The fourth-order valence-corrected chi connectivity index (χ4v) is 4.46. The second kappa shape index (κ2) is 7.42. The zero-order chi connectivity index (χ0) is 14.5. The highest BCUT2D eigenvalue weighted by Crippen LogP contribution is 2.35. The number of hydrogen-bond acceptors (Lipinski definition) is 2. The highest BCUT2D eigenvalue weighted by Gasteiger charge is 2.33. The maximum absolute atomic E-state index is 3.60. The van der Waals surface area contributed by atoms with Crippen molar-refractivity contribution in [3.8, 4) is 0 Å². The Morgan fingerprint density at radius 3 is 2.62 bits per heavy atom. The Bertz CT molecular complexity index is 411. The molecule has 2 atom stereocenters. The minimum atomic E-state index is 0.562. The van der Waals surface area contributed by atoms with Gasteiger partial charge in [0.1, 0.15) is 0 Å². The standard InChI is InChI=1S/C19H30N2/c1-2-18(16-9-5-3-6-10-16)21-14-13-20-15-19(21)17-11-7-4-8-12-17/h4,7-8,11-12,16,18-20H,2-3,5-6,9-10,13-15H2,1H3. The first kappa shape index (κ1) is 15.1. The minimum absolute atomic E-state index is 0.562. The summed E-state index contributed by atoms with van der Waals surface area (Å²) < 4.78 is 0. The third-order valence-electron chi connectivity index (χ3n) is 5.51. The molecule has 2 nitrogen and oxygen atoms in total. The molecule has 0 amide bonds. The van der Waals surface area contributed by atoms with Gasteiger partial charge >= 0.3 is 0 Å². The van der Waals surface area contributed by atoms with Gasteiger partial charge in [0.05, 0.1) is 0 Å². The normalized spacial score (nSPS) is 26.6. The van der Waals surface area contributed by atoms with Crippen LogP contribution in [0.3, 0.4) is 0 Å². The molecule has 0 aromatic heterocycles. The lowest BCUT2D eigenvalue weighted by molar-refractivity contribution is 0.0535. The Balaban J connectivity index is 1.78. The molecular weight excluding hydrogens is 256 g/mol. The lowest BCUT2D eigenvalue weighted by atomic mass is 9.81. The van der Waals surface area contributed by atoms with Crippen LogP contribution in [0.2, 0.25) is 0 Å². The number of benzene rings is 1. The maximum Gasteiger partial charge on any atom is 0.0476 e. The van der Waals surface area contributed by atoms with E-state index in [9.17, 15) is 0 Å². The highest BCUT2D eigenvalue weighted by molar-refractivity contribution is 5.20. The molecule has 1 saturated carbocycles. The van der Waals surface area contributed by atoms with E-state index in [2.05, 4.69) is 47.5 Å². The van der Waals surface area contributed by atoms with E-state index in [-0.39, 0.29) is 0 Å². The third kappa shape index (κ3) is 3.49. The molecule has 0 radical (unpaired) electrons. The lowest BCUT2D eigenvalue weighted by Gasteiger charge is -2.45. The van der Waals surface area contributed by atoms with E-state index in [1.165, 1.54) is 50.6 Å². The summed E-state index contributed by atoms with van der Waals surface area (Å²) in [5, 5.41) is 3.60. The van der Waals surface area contributed by atoms with E-state index in [0.717, 1.165) is 25.0 Å². The molecule has 1 aliphatic carbocycles. The van der Waals surface area contributed by atoms with Crippen LogP contribution in [-0.2, 0) is 0 Å². The van der Waals surface area contributed by atoms with E-state index in [1.807, 2.05) is 0 Å². The van der Waals surface area contributed by atoms with Crippen LogP contribution in [0, 0.1) is 5.92 Å². The first-order valence-corrected chi connectivity index (χ1v) is 8.91. The van der Waals surface area contributed by atoms with Crippen LogP contribution in [0.15, 0.2) is 30.3 Å². The molecule has 1 N–H and O–H groups in total. The molecule has 1 aromatic rings. The lowest BCUT2D eigenvalue weighted by Crippen LogP contribution is -2.52. The maximum atomic E-state index is 3.60. The Morgan fingerprint density at radius 1 is 1.14 bits per heavy atom. The Morgan fingerprint density at radius 2 is 1.90 bits per heavy atom. The zero-order valence-electron chi connectivity index (χ0n) is 13.4. The van der Waals surface area contributed by atoms with Gasteiger partial charge in [-0.1, -0.05) is 56.5 Å². The smallest absolute Gasteiger partial charge is 0.0476 e. The Labute approximate surface area is 129 Å². The summed E-state index contributed by atoms with van der Waals surface area (Å²) in [4.78, 5) is 2.82. The molecule has 1 aliphatic heterocycles. The van der Waals surface area contributed by atoms with Crippen LogP contribution in [0.25, 0.3) is 0 Å². The van der Waals surface area contributed by atoms with Crippen molar-refractivity contribution in [1.29, 1.82) is 0 Å². The molecule has 2 fully saturated rings. The number of piperazine rings is 1. The summed E-state index contributed by atoms with van der Waals surface area (Å²) in [5.74, 6) is 0.924. The summed E-state index contributed by atoms with van der Waals surface area (Å²) in [6.07, 6.45) is 8.55. The van der Waals surface area contributed by atoms with Gasteiger partial charge in [-0.2, -0.15) is 0 Å². The predicted octanol–water partition coefficient (Wildman–Crippen LogP) is 3.99. The van der Waals surface area contributed by atoms with Crippen molar-refractivity contribution < 1.29 is 0 Å². The van der Waals surface area contributed by atoms with Crippen molar-refractivity contribution in [1.82, 2.24) is 10.2 Å². The van der Waals surface area contributed by atoms with Crippen LogP contribution < -0.4 is 5.32 Å². The van der Waals surface area contributed by atoms with Crippen molar-refractivity contribution in [2.45, 2.75) is 57.5 Å². The summed E-state index contributed by atoms with van der Waals surface area (Å²) in [5.41, 5.74) is 1.49. The molecule has 2 heteroatoms. The monoisotopic (exact) mass is 286 g/mol. The van der Waals surface area contributed by atoms with Gasteiger partial charge in [-0.3, -0.25) is 4.90 Å². The van der Waals surface area contributed by atoms with Gasteiger partial charge in [0, 0.05) is 31.7 Å². The molecular formula is C19H30N2. The van der Waals surface area contributed by atoms with Gasteiger partial charge < -0.3 is 5.32 Å². The minimum Gasteiger partial charge on any atom is -0.314 e. The van der Waals surface area contributed by atoms with Crippen LogP contribution in [0.5, 0.6) is 0 Å². The van der Waals surface area contributed by atoms with Gasteiger partial charge in [-0.25, -0.2) is 0 Å². The summed E-state index contributed by atoms with van der Waals surface area (Å²) >= 11 is 0. The largest absolute Gasteiger partial charge is 0.314 e. The highest BCUT2D eigenvalue weighted by atomic mass is 15.2. The fraction of sp³-hybridized carbons (Fsp3) is 0.684. The molecule has 1 heterocycles. The summed E-state index contributed by atoms with van der Waals surface area (Å²) in [7, 11) is 0. The molecule has 1 saturated heterocycles. The van der Waals surface area contributed by atoms with Gasteiger partial charge in [-0.05, 0) is 30.7 Å². The van der Waals surface area contributed by atoms with E-state index >= 15 is 0 Å². The number of hydrogen-bond donors (Lipinski definition) is 1. The Hall–Kier alpha value is -0.860. The SMILES string of the molecule is CCC(C1CCCCC1)N1CCNCC1c1ccccc1. The van der Waals surface area contributed by atoms with Crippen LogP contribution >= 0.6 is 0 Å². The van der Waals surface area contributed by atoms with E-state index in [1.54, 1.807) is 0 Å². The second-order valence-corrected chi connectivity index (χ2v) is 6.74. The second-order valence-electron chi connectivity index (χ2n) is 6.74. The van der Waals surface area contributed by atoms with Crippen LogP contribution in [0.4, 0.5) is 0 Å². The molecule has 2 unspecified atom stereocenters. The average molecular weight is 286 g/mol. The first-order valence-electron chi connectivity index (χ1n) is 8.91. The third-order valence-corrected chi connectivity index (χ3v) is 5.51. The van der Waals surface area contributed by atoms with Crippen molar-refractivity contribution in [3.63, 3.8) is 0 Å². The number of rotatable bonds is 4. The summed E-state index contributed by atoms with van der Waals surface area (Å²) in [6.45, 7) is 5.84. The quantitative estimate of drug-likeness (QED) is 0.900. The van der Waals surface area contributed by atoms with Crippen molar-refractivity contribution >= 4 is 0 Å². The number of nitrogens with zero attached hydrogens (tertiary/aromatic N) is 1. The van der Waals surface area contributed by atoms with Gasteiger partial charge in [-0.15, -0.1) is 0 Å². The zero-order valence-corrected chi connectivity index (χ0v) is 13.4. The molecule has 1 aromatic carbocycles. The van der Waals surface area contributed by atoms with Gasteiger partial charge in [0.15, 0.2) is 0 Å². The molecule has 116 valence electrons. The average Bonchev–Trinajstić information content (AvgIpc) is 2.58. The molecule has 0 spiro atoms. The summed E-state index contributed by atoms with van der Waals surface area (Å²) in [6, 6.07) is 12.4. The van der Waals surface area contributed by atoms with Crippen LogP contribution in [-0.4, -0.2) is 30.6 Å². The Kier molecular flexibility index (Phi) is 5.32. The molecule has 2 aliphatic rings. The van der Waals surface area contributed by atoms with Crippen LogP contribution in [0.1, 0.15) is 57.1 Å². The molecule has 0 bridgehead atoms. The van der Waals surface area contributed by atoms with Crippen molar-refractivity contribution in [2.24, 2.45) is 5.92 Å². The van der Waals surface area contributed by atoms with E-state index in [0.29, 0.717) is 6.04 Å². The topological polar surface area (TPSA) is 15.3 Å². The van der Waals surface area contributed by atoms with Gasteiger partial charge in [0.25, 0.3) is 0 Å². The predicted molar refractivity (Wildman–Crippen MR) is 89.4 cm³/mol. The molecule has 3 rings (SSSR count). The van der Waals surface area contributed by atoms with Gasteiger partial charge in [0.2, 0.25) is 0 Å². The van der Waals surface area contributed by atoms with E-state index in [4.69, 9.17) is 0 Å². The first-order chi connectivity index (χ1) is 10.4. The molecule has 21 heavy (non-hydrogen) atoms. The number of nitrogens with one attached hydrogen (secondary N) is 1. The van der Waals surface area contributed by atoms with Crippen molar-refractivity contribution in [3.05, 3.63) is 35.9 Å².